The summed E-state index contributed by atoms with van der Waals surface area (Å²) in [4.78, 5) is 15.9. The number of nitrogens with zero attached hydrogens (tertiary/aromatic N) is 2. The third-order valence-electron chi connectivity index (χ3n) is 3.55. The number of fused-ring (bicyclic) bond motifs is 1. The molecule has 0 bridgehead atoms. The molecule has 1 aliphatic rings. The summed E-state index contributed by atoms with van der Waals surface area (Å²) in [5.41, 5.74) is 2.21. The lowest BCUT2D eigenvalue weighted by Crippen LogP contribution is -2.17. The summed E-state index contributed by atoms with van der Waals surface area (Å²) in [5.74, 6) is 0. The Morgan fingerprint density at radius 3 is 2.83 bits per heavy atom. The number of nitro groups is 1. The van der Waals surface area contributed by atoms with Gasteiger partial charge in [-0.3, -0.25) is 15.0 Å². The van der Waals surface area contributed by atoms with Gasteiger partial charge in [-0.2, -0.15) is 0 Å². The van der Waals surface area contributed by atoms with E-state index in [4.69, 9.17) is 0 Å². The first-order chi connectivity index (χ1) is 8.74. The fourth-order valence-corrected chi connectivity index (χ4v) is 2.60. The summed E-state index contributed by atoms with van der Waals surface area (Å²) in [5, 5.41) is 11.8. The molecule has 0 radical (unpaired) electrons. The van der Waals surface area contributed by atoms with Crippen LogP contribution in [-0.2, 0) is 6.54 Å². The molecule has 2 aromatic rings. The minimum Gasteiger partial charge on any atom is -0.361 e. The van der Waals surface area contributed by atoms with Crippen molar-refractivity contribution in [3.8, 4) is 0 Å². The summed E-state index contributed by atoms with van der Waals surface area (Å²) in [6.45, 7) is 3.23. The summed E-state index contributed by atoms with van der Waals surface area (Å²) in [6.07, 6.45) is 4.51. The fourth-order valence-electron chi connectivity index (χ4n) is 2.60. The minimum absolute atomic E-state index is 0.136. The minimum atomic E-state index is -0.361. The van der Waals surface area contributed by atoms with Crippen molar-refractivity contribution in [1.82, 2.24) is 9.88 Å². The van der Waals surface area contributed by atoms with Crippen molar-refractivity contribution >= 4 is 16.6 Å². The number of H-pyrrole nitrogens is 1. The van der Waals surface area contributed by atoms with Gasteiger partial charge >= 0.3 is 0 Å². The molecule has 94 valence electrons. The maximum Gasteiger partial charge on any atom is 0.271 e. The van der Waals surface area contributed by atoms with E-state index >= 15 is 0 Å². The number of nitro benzene ring substituents is 1. The first-order valence-corrected chi connectivity index (χ1v) is 6.21. The van der Waals surface area contributed by atoms with Gasteiger partial charge < -0.3 is 4.98 Å². The lowest BCUT2D eigenvalue weighted by atomic mass is 10.1. The number of nitrogens with one attached hydrogen (secondary N) is 1. The molecule has 0 atom stereocenters. The highest BCUT2D eigenvalue weighted by Crippen LogP contribution is 2.25. The third kappa shape index (κ3) is 1.97. The molecule has 0 unspecified atom stereocenters. The monoisotopic (exact) mass is 245 g/mol. The van der Waals surface area contributed by atoms with Crippen molar-refractivity contribution in [2.24, 2.45) is 0 Å². The topological polar surface area (TPSA) is 62.2 Å². The Bertz CT molecular complexity index is 585. The van der Waals surface area contributed by atoms with Crippen LogP contribution in [0.5, 0.6) is 0 Å². The Morgan fingerprint density at radius 1 is 1.33 bits per heavy atom. The number of aromatic amines is 1. The van der Waals surface area contributed by atoms with E-state index in [9.17, 15) is 10.1 Å². The van der Waals surface area contributed by atoms with Gasteiger partial charge in [-0.1, -0.05) is 0 Å². The number of benzene rings is 1. The molecule has 18 heavy (non-hydrogen) atoms. The van der Waals surface area contributed by atoms with Gasteiger partial charge in [0.25, 0.3) is 5.69 Å². The van der Waals surface area contributed by atoms with E-state index in [2.05, 4.69) is 9.88 Å². The predicted octanol–water partition coefficient (Wildman–Crippen LogP) is 2.67. The van der Waals surface area contributed by atoms with Crippen molar-refractivity contribution in [3.05, 3.63) is 40.1 Å². The van der Waals surface area contributed by atoms with E-state index in [1.807, 2.05) is 12.3 Å². The first-order valence-electron chi connectivity index (χ1n) is 6.21. The highest BCUT2D eigenvalue weighted by Gasteiger charge is 2.15. The van der Waals surface area contributed by atoms with Gasteiger partial charge in [0.1, 0.15) is 0 Å². The second kappa shape index (κ2) is 4.42. The molecule has 1 fully saturated rings. The molecule has 1 aliphatic heterocycles. The van der Waals surface area contributed by atoms with Gasteiger partial charge in [-0.05, 0) is 37.6 Å². The van der Waals surface area contributed by atoms with Crippen LogP contribution >= 0.6 is 0 Å². The lowest BCUT2D eigenvalue weighted by molar-refractivity contribution is -0.384. The number of hydrogen-bond donors (Lipinski definition) is 1. The predicted molar refractivity (Wildman–Crippen MR) is 69.5 cm³/mol. The van der Waals surface area contributed by atoms with Gasteiger partial charge in [0.15, 0.2) is 0 Å². The molecular formula is C13H15N3O2. The van der Waals surface area contributed by atoms with E-state index < -0.39 is 0 Å². The van der Waals surface area contributed by atoms with Crippen molar-refractivity contribution < 1.29 is 4.92 Å². The average Bonchev–Trinajstić information content (AvgIpc) is 2.99. The van der Waals surface area contributed by atoms with Crippen LogP contribution in [0.2, 0.25) is 0 Å². The summed E-state index contributed by atoms with van der Waals surface area (Å²) < 4.78 is 0. The van der Waals surface area contributed by atoms with Crippen molar-refractivity contribution in [2.75, 3.05) is 13.1 Å². The number of non-ortho nitro benzene ring substituents is 1. The quantitative estimate of drug-likeness (QED) is 0.668. The van der Waals surface area contributed by atoms with Crippen molar-refractivity contribution in [3.63, 3.8) is 0 Å². The van der Waals surface area contributed by atoms with Crippen LogP contribution in [0.25, 0.3) is 10.9 Å². The van der Waals surface area contributed by atoms with Crippen LogP contribution in [0.1, 0.15) is 18.4 Å². The fraction of sp³-hybridized carbons (Fsp3) is 0.385. The summed E-state index contributed by atoms with van der Waals surface area (Å²) >= 11 is 0. The summed E-state index contributed by atoms with van der Waals surface area (Å²) in [7, 11) is 0. The van der Waals surface area contributed by atoms with Gasteiger partial charge in [0.2, 0.25) is 0 Å². The Hall–Kier alpha value is -1.88. The zero-order chi connectivity index (χ0) is 12.5. The Balaban J connectivity index is 1.91. The smallest absolute Gasteiger partial charge is 0.271 e. The molecular weight excluding hydrogens is 230 g/mol. The number of rotatable bonds is 3. The van der Waals surface area contributed by atoms with Gasteiger partial charge in [0, 0.05) is 30.3 Å². The average molecular weight is 245 g/mol. The molecule has 1 saturated heterocycles. The molecule has 1 aromatic heterocycles. The molecule has 2 heterocycles. The van der Waals surface area contributed by atoms with E-state index in [-0.39, 0.29) is 10.6 Å². The number of likely N-dealkylation sites (tertiary alicyclic amines) is 1. The molecule has 1 N–H and O–H groups in total. The molecule has 1 aromatic carbocycles. The van der Waals surface area contributed by atoms with Crippen LogP contribution in [0, 0.1) is 10.1 Å². The molecule has 5 heteroatoms. The molecule has 0 spiro atoms. The van der Waals surface area contributed by atoms with Crippen LogP contribution in [-0.4, -0.2) is 27.9 Å². The summed E-state index contributed by atoms with van der Waals surface area (Å²) in [6, 6.07) is 5.02. The second-order valence-corrected chi connectivity index (χ2v) is 4.78. The Kier molecular flexibility index (Phi) is 2.76. The maximum atomic E-state index is 10.7. The van der Waals surface area contributed by atoms with E-state index in [1.54, 1.807) is 12.1 Å². The van der Waals surface area contributed by atoms with Gasteiger partial charge in [-0.15, -0.1) is 0 Å². The van der Waals surface area contributed by atoms with Gasteiger partial charge in [-0.25, -0.2) is 0 Å². The maximum absolute atomic E-state index is 10.7. The van der Waals surface area contributed by atoms with Crippen LogP contribution in [0.4, 0.5) is 5.69 Å². The highest BCUT2D eigenvalue weighted by molar-refractivity contribution is 5.85. The van der Waals surface area contributed by atoms with Crippen molar-refractivity contribution in [1.29, 1.82) is 0 Å². The number of aromatic nitrogens is 1. The number of hydrogen-bond acceptors (Lipinski definition) is 3. The largest absolute Gasteiger partial charge is 0.361 e. The first kappa shape index (κ1) is 11.2. The Labute approximate surface area is 105 Å². The molecule has 0 aliphatic carbocycles. The van der Waals surface area contributed by atoms with Crippen molar-refractivity contribution in [2.45, 2.75) is 19.4 Å². The highest BCUT2D eigenvalue weighted by atomic mass is 16.6. The van der Waals surface area contributed by atoms with Gasteiger partial charge in [0.05, 0.1) is 10.4 Å². The normalized spacial score (nSPS) is 16.4. The zero-order valence-corrected chi connectivity index (χ0v) is 10.1. The molecule has 5 nitrogen and oxygen atoms in total. The standard InChI is InChI=1S/C13H15N3O2/c17-16(18)11-3-4-12-10(8-14-13(12)7-11)9-15-5-1-2-6-15/h3-4,7-8,14H,1-2,5-6,9H2. The van der Waals surface area contributed by atoms with E-state index in [0.29, 0.717) is 0 Å². The SMILES string of the molecule is O=[N+]([O-])c1ccc2c(CN3CCCC3)c[nH]c2c1. The van der Waals surface area contributed by atoms with Crippen LogP contribution in [0.15, 0.2) is 24.4 Å². The zero-order valence-electron chi connectivity index (χ0n) is 10.1. The lowest BCUT2D eigenvalue weighted by Gasteiger charge is -2.13. The molecule has 0 amide bonds. The van der Waals surface area contributed by atoms with Crippen LogP contribution in [0.3, 0.4) is 0 Å². The Morgan fingerprint density at radius 2 is 2.11 bits per heavy atom. The van der Waals surface area contributed by atoms with E-state index in [0.717, 1.165) is 30.5 Å². The van der Waals surface area contributed by atoms with E-state index in [1.165, 1.54) is 18.4 Å². The second-order valence-electron chi connectivity index (χ2n) is 4.78. The molecule has 3 rings (SSSR count). The molecule has 0 saturated carbocycles. The third-order valence-corrected chi connectivity index (χ3v) is 3.55. The van der Waals surface area contributed by atoms with Crippen LogP contribution < -0.4 is 0 Å².